The molecule has 2 aromatic heterocycles. The molecule has 10 nitrogen and oxygen atoms in total. The molecule has 1 saturated heterocycles. The molecule has 0 aliphatic carbocycles. The van der Waals surface area contributed by atoms with Crippen molar-refractivity contribution in [3.63, 3.8) is 0 Å². The Morgan fingerprint density at radius 1 is 1.23 bits per heavy atom. The largest absolute Gasteiger partial charge is 0.379 e. The molecule has 1 N–H and O–H groups in total. The highest BCUT2D eigenvalue weighted by Gasteiger charge is 2.29. The van der Waals surface area contributed by atoms with Gasteiger partial charge in [-0.2, -0.15) is 5.10 Å². The third kappa shape index (κ3) is 3.59. The number of aromatic nitrogens is 6. The maximum atomic E-state index is 13.2. The van der Waals surface area contributed by atoms with E-state index in [2.05, 4.69) is 35.5 Å². The zero-order chi connectivity index (χ0) is 20.5. The Hall–Kier alpha value is -3.11. The van der Waals surface area contributed by atoms with Crippen molar-refractivity contribution in [3.8, 4) is 0 Å². The van der Waals surface area contributed by atoms with Gasteiger partial charge in [0, 0.05) is 49.3 Å². The van der Waals surface area contributed by atoms with E-state index in [1.807, 2.05) is 25.1 Å². The summed E-state index contributed by atoms with van der Waals surface area (Å²) < 4.78 is 7.14. The molecule has 2 aliphatic heterocycles. The van der Waals surface area contributed by atoms with Crippen molar-refractivity contribution in [3.05, 3.63) is 41.2 Å². The number of benzene rings is 1. The summed E-state index contributed by atoms with van der Waals surface area (Å²) in [6.07, 6.45) is 2.11. The predicted octanol–water partition coefficient (Wildman–Crippen LogP) is 0.787. The number of hydrogen-bond acceptors (Lipinski definition) is 8. The lowest BCUT2D eigenvalue weighted by molar-refractivity contribution is -0.115. The molecule has 0 amide bonds. The molecular formula is C20H24N8O2. The summed E-state index contributed by atoms with van der Waals surface area (Å²) >= 11 is 0. The van der Waals surface area contributed by atoms with Gasteiger partial charge >= 0.3 is 0 Å². The number of carbonyl (C=O) groups excluding carboxylic acids is 1. The summed E-state index contributed by atoms with van der Waals surface area (Å²) in [6, 6.07) is 5.94. The van der Waals surface area contributed by atoms with Gasteiger partial charge in [0.15, 0.2) is 5.78 Å². The zero-order valence-electron chi connectivity index (χ0n) is 16.9. The molecule has 0 unspecified atom stereocenters. The number of morpholine rings is 1. The van der Waals surface area contributed by atoms with Crippen LogP contribution in [0.15, 0.2) is 35.7 Å². The van der Waals surface area contributed by atoms with Crippen molar-refractivity contribution >= 4 is 22.6 Å². The number of nitrogens with one attached hydrogen (secondary N) is 1. The van der Waals surface area contributed by atoms with Crippen LogP contribution in [0.5, 0.6) is 0 Å². The van der Waals surface area contributed by atoms with Crippen molar-refractivity contribution in [1.82, 2.24) is 35.3 Å². The van der Waals surface area contributed by atoms with E-state index in [0.29, 0.717) is 18.9 Å². The Morgan fingerprint density at radius 3 is 2.97 bits per heavy atom. The highest BCUT2D eigenvalue weighted by atomic mass is 16.5. The SMILES string of the molecule is CC1=C(C(=O)Cc2ccc3[nH]ncc3c2)Cn2nnnc2N1CCN1CCOCC1. The minimum Gasteiger partial charge on any atom is -0.379 e. The number of tetrazole rings is 1. The van der Waals surface area contributed by atoms with Crippen LogP contribution in [0, 0.1) is 0 Å². The fourth-order valence-corrected chi connectivity index (χ4v) is 4.09. The van der Waals surface area contributed by atoms with Crippen LogP contribution in [0.25, 0.3) is 10.9 Å². The number of H-pyrrole nitrogens is 1. The van der Waals surface area contributed by atoms with Crippen molar-refractivity contribution in [2.75, 3.05) is 44.3 Å². The molecule has 5 rings (SSSR count). The second-order valence-electron chi connectivity index (χ2n) is 7.70. The molecule has 0 atom stereocenters. The lowest BCUT2D eigenvalue weighted by atomic mass is 9.99. The number of carbonyl (C=O) groups is 1. The molecule has 2 aliphatic rings. The Labute approximate surface area is 173 Å². The van der Waals surface area contributed by atoms with Gasteiger partial charge in [0.05, 0.1) is 31.5 Å². The number of ketones is 1. The standard InChI is InChI=1S/C20H24N8O2/c1-14-17(19(29)11-15-2-3-18-16(10-15)12-21-22-18)13-28-20(23-24-25-28)27(14)5-4-26-6-8-30-9-7-26/h2-3,10,12H,4-9,11,13H2,1H3,(H,21,22). The van der Waals surface area contributed by atoms with Gasteiger partial charge in [0.25, 0.3) is 0 Å². The van der Waals surface area contributed by atoms with Crippen LogP contribution in [-0.2, 0) is 22.5 Å². The number of fused-ring (bicyclic) bond motifs is 2. The van der Waals surface area contributed by atoms with Crippen molar-refractivity contribution < 1.29 is 9.53 Å². The fourth-order valence-electron chi connectivity index (χ4n) is 4.09. The van der Waals surface area contributed by atoms with Crippen LogP contribution in [0.1, 0.15) is 12.5 Å². The number of anilines is 1. The van der Waals surface area contributed by atoms with Crippen LogP contribution in [-0.4, -0.2) is 80.5 Å². The molecule has 156 valence electrons. The van der Waals surface area contributed by atoms with Gasteiger partial charge in [-0.3, -0.25) is 14.8 Å². The van der Waals surface area contributed by atoms with E-state index in [1.165, 1.54) is 0 Å². The Balaban J connectivity index is 1.36. The summed E-state index contributed by atoms with van der Waals surface area (Å²) in [5, 5.41) is 20.1. The highest BCUT2D eigenvalue weighted by Crippen LogP contribution is 2.26. The molecule has 1 fully saturated rings. The molecule has 3 aromatic rings. The van der Waals surface area contributed by atoms with E-state index in [0.717, 1.165) is 67.1 Å². The van der Waals surface area contributed by atoms with Crippen molar-refractivity contribution in [2.45, 2.75) is 19.9 Å². The maximum absolute atomic E-state index is 13.2. The minimum absolute atomic E-state index is 0.0906. The van der Waals surface area contributed by atoms with E-state index in [4.69, 9.17) is 4.74 Å². The minimum atomic E-state index is 0.0906. The van der Waals surface area contributed by atoms with Crippen LogP contribution in [0.4, 0.5) is 5.95 Å². The van der Waals surface area contributed by atoms with E-state index in [-0.39, 0.29) is 5.78 Å². The second kappa shape index (κ2) is 7.96. The van der Waals surface area contributed by atoms with Gasteiger partial charge in [0.1, 0.15) is 0 Å². The third-order valence-corrected chi connectivity index (χ3v) is 5.85. The molecule has 0 radical (unpaired) electrons. The number of Topliss-reactive ketones (excluding diaryl/α,β-unsaturated/α-hetero) is 1. The summed E-state index contributed by atoms with van der Waals surface area (Å²) in [7, 11) is 0. The van der Waals surface area contributed by atoms with Gasteiger partial charge in [-0.25, -0.2) is 4.68 Å². The first kappa shape index (κ1) is 18.9. The molecule has 30 heavy (non-hydrogen) atoms. The first-order valence-electron chi connectivity index (χ1n) is 10.2. The normalized spacial score (nSPS) is 17.6. The Kier molecular flexibility index (Phi) is 5.01. The average molecular weight is 408 g/mol. The van der Waals surface area contributed by atoms with Gasteiger partial charge < -0.3 is 9.64 Å². The fraction of sp³-hybridized carbons (Fsp3) is 0.450. The molecule has 0 saturated carbocycles. The van der Waals surface area contributed by atoms with Crippen molar-refractivity contribution in [1.29, 1.82) is 0 Å². The van der Waals surface area contributed by atoms with Crippen LogP contribution in [0.2, 0.25) is 0 Å². The average Bonchev–Trinajstić information content (AvgIpc) is 3.42. The van der Waals surface area contributed by atoms with Crippen LogP contribution in [0.3, 0.4) is 0 Å². The van der Waals surface area contributed by atoms with Crippen LogP contribution < -0.4 is 4.90 Å². The topological polar surface area (TPSA) is 105 Å². The highest BCUT2D eigenvalue weighted by molar-refractivity contribution is 5.98. The Morgan fingerprint density at radius 2 is 2.10 bits per heavy atom. The summed E-state index contributed by atoms with van der Waals surface area (Å²) in [4.78, 5) is 17.6. The molecule has 0 spiro atoms. The molecule has 1 aromatic carbocycles. The number of ether oxygens (including phenoxy) is 1. The monoisotopic (exact) mass is 408 g/mol. The van der Waals surface area contributed by atoms with Crippen molar-refractivity contribution in [2.24, 2.45) is 0 Å². The zero-order valence-corrected chi connectivity index (χ0v) is 16.9. The van der Waals surface area contributed by atoms with Crippen LogP contribution >= 0.6 is 0 Å². The van der Waals surface area contributed by atoms with E-state index in [9.17, 15) is 4.79 Å². The third-order valence-electron chi connectivity index (χ3n) is 5.85. The lowest BCUT2D eigenvalue weighted by Crippen LogP contribution is -2.43. The molecule has 4 heterocycles. The number of hydrogen-bond donors (Lipinski definition) is 1. The summed E-state index contributed by atoms with van der Waals surface area (Å²) in [6.45, 7) is 7.34. The molecule has 0 bridgehead atoms. The second-order valence-corrected chi connectivity index (χ2v) is 7.70. The first-order chi connectivity index (χ1) is 14.7. The summed E-state index contributed by atoms with van der Waals surface area (Å²) in [5.74, 6) is 0.782. The number of rotatable bonds is 6. The van der Waals surface area contributed by atoms with Gasteiger partial charge in [0.2, 0.25) is 5.95 Å². The summed E-state index contributed by atoms with van der Waals surface area (Å²) in [5.41, 5.74) is 3.62. The molecule has 10 heteroatoms. The van der Waals surface area contributed by atoms with E-state index < -0.39 is 0 Å². The number of allylic oxidation sites excluding steroid dienone is 2. The first-order valence-corrected chi connectivity index (χ1v) is 10.2. The predicted molar refractivity (Wildman–Crippen MR) is 110 cm³/mol. The van der Waals surface area contributed by atoms with E-state index in [1.54, 1.807) is 10.9 Å². The quantitative estimate of drug-likeness (QED) is 0.638. The number of nitrogens with zero attached hydrogens (tertiary/aromatic N) is 7. The van der Waals surface area contributed by atoms with Gasteiger partial charge in [-0.15, -0.1) is 0 Å². The smallest absolute Gasteiger partial charge is 0.250 e. The number of aromatic amines is 1. The van der Waals surface area contributed by atoms with E-state index >= 15 is 0 Å². The molecular weight excluding hydrogens is 384 g/mol. The Bertz CT molecular complexity index is 1100. The maximum Gasteiger partial charge on any atom is 0.250 e. The van der Waals surface area contributed by atoms with Gasteiger partial charge in [-0.05, 0) is 35.0 Å². The lowest BCUT2D eigenvalue weighted by Gasteiger charge is -2.33. The van der Waals surface area contributed by atoms with Gasteiger partial charge in [-0.1, -0.05) is 11.2 Å².